The Balaban J connectivity index is 1.66. The molecule has 0 spiro atoms. The second-order valence-electron chi connectivity index (χ2n) is 5.96. The molecule has 0 fully saturated rings. The Morgan fingerprint density at radius 2 is 1.90 bits per heavy atom. The molecule has 1 heterocycles. The summed E-state index contributed by atoms with van der Waals surface area (Å²) in [5, 5.41) is 13.9. The third-order valence-corrected chi connectivity index (χ3v) is 4.07. The van der Waals surface area contributed by atoms with Crippen molar-refractivity contribution in [2.75, 3.05) is 16.0 Å². The zero-order chi connectivity index (χ0) is 21.0. The molecular weight excluding hydrogens is 414 g/mol. The number of urea groups is 1. The smallest absolute Gasteiger partial charge is 0.378 e. The number of hydrogen-bond donors (Lipinski definition) is 4. The number of aromatic amines is 1. The maximum Gasteiger partial charge on any atom is 0.416 e. The molecule has 0 atom stereocenters. The van der Waals surface area contributed by atoms with E-state index in [1.165, 1.54) is 6.07 Å². The highest BCUT2D eigenvalue weighted by Crippen LogP contribution is 2.33. The van der Waals surface area contributed by atoms with E-state index >= 15 is 0 Å². The number of anilines is 3. The van der Waals surface area contributed by atoms with Gasteiger partial charge in [0.1, 0.15) is 5.82 Å². The van der Waals surface area contributed by atoms with Gasteiger partial charge in [-0.3, -0.25) is 5.10 Å². The van der Waals surface area contributed by atoms with Gasteiger partial charge in [-0.2, -0.15) is 18.3 Å². The van der Waals surface area contributed by atoms with Crippen LogP contribution in [0, 0.1) is 5.82 Å². The molecule has 0 unspecified atom stereocenters. The van der Waals surface area contributed by atoms with Crippen molar-refractivity contribution in [2.45, 2.75) is 12.7 Å². The Bertz CT molecular complexity index is 1010. The molecule has 0 aliphatic rings. The van der Waals surface area contributed by atoms with Crippen LogP contribution in [0.3, 0.4) is 0 Å². The van der Waals surface area contributed by atoms with Gasteiger partial charge in [0.05, 0.1) is 28.2 Å². The summed E-state index contributed by atoms with van der Waals surface area (Å²) < 4.78 is 51.9. The van der Waals surface area contributed by atoms with Crippen molar-refractivity contribution in [1.82, 2.24) is 10.2 Å². The predicted molar refractivity (Wildman–Crippen MR) is 101 cm³/mol. The number of hydrogen-bond acceptors (Lipinski definition) is 3. The molecule has 0 aliphatic carbocycles. The van der Waals surface area contributed by atoms with E-state index in [0.29, 0.717) is 17.3 Å². The van der Waals surface area contributed by atoms with Gasteiger partial charge in [-0.1, -0.05) is 11.6 Å². The lowest BCUT2D eigenvalue weighted by Gasteiger charge is -2.12. The average molecular weight is 428 g/mol. The first-order chi connectivity index (χ1) is 13.7. The van der Waals surface area contributed by atoms with Gasteiger partial charge < -0.3 is 16.0 Å². The lowest BCUT2D eigenvalue weighted by molar-refractivity contribution is -0.137. The first-order valence-corrected chi connectivity index (χ1v) is 8.55. The van der Waals surface area contributed by atoms with Crippen molar-refractivity contribution in [3.05, 3.63) is 70.8 Å². The summed E-state index contributed by atoms with van der Waals surface area (Å²) in [6.45, 7) is 0.276. The van der Waals surface area contributed by atoms with Crippen molar-refractivity contribution in [3.63, 3.8) is 0 Å². The number of nitrogens with one attached hydrogen (secondary N) is 4. The summed E-state index contributed by atoms with van der Waals surface area (Å²) in [7, 11) is 0. The fourth-order valence-electron chi connectivity index (χ4n) is 2.45. The quantitative estimate of drug-likeness (QED) is 0.407. The summed E-state index contributed by atoms with van der Waals surface area (Å²) in [6.07, 6.45) is -1.37. The highest BCUT2D eigenvalue weighted by Gasteiger charge is 2.31. The van der Waals surface area contributed by atoms with Gasteiger partial charge in [-0.15, -0.1) is 0 Å². The zero-order valence-electron chi connectivity index (χ0n) is 14.6. The van der Waals surface area contributed by atoms with Crippen LogP contribution < -0.4 is 16.0 Å². The minimum atomic E-state index is -4.55. The number of H-pyrrole nitrogens is 1. The molecule has 4 N–H and O–H groups in total. The van der Waals surface area contributed by atoms with Gasteiger partial charge in [0.15, 0.2) is 0 Å². The summed E-state index contributed by atoms with van der Waals surface area (Å²) in [4.78, 5) is 12.1. The van der Waals surface area contributed by atoms with Crippen molar-refractivity contribution < 1.29 is 22.4 Å². The standard InChI is InChI=1S/C18H14ClF4N5O/c19-15-5-11(18(21,22)23)1-2-16(15)28-17(29)27-13-4-10(3-12(20)6-13)7-24-14-8-25-26-9-14/h1-6,8-9,24H,7H2,(H,25,26)(H2,27,28,29). The zero-order valence-corrected chi connectivity index (χ0v) is 15.3. The molecule has 6 nitrogen and oxygen atoms in total. The number of alkyl halides is 3. The van der Waals surface area contributed by atoms with E-state index in [9.17, 15) is 22.4 Å². The van der Waals surface area contributed by atoms with Gasteiger partial charge in [0.2, 0.25) is 0 Å². The molecule has 11 heteroatoms. The molecule has 3 rings (SSSR count). The number of halogens is 5. The van der Waals surface area contributed by atoms with Gasteiger partial charge in [0.25, 0.3) is 0 Å². The number of aromatic nitrogens is 2. The minimum absolute atomic E-state index is 0.0181. The number of rotatable bonds is 5. The van der Waals surface area contributed by atoms with E-state index in [0.717, 1.165) is 18.2 Å². The van der Waals surface area contributed by atoms with Crippen LogP contribution in [0.5, 0.6) is 0 Å². The van der Waals surface area contributed by atoms with E-state index in [2.05, 4.69) is 26.1 Å². The fraction of sp³-hybridized carbons (Fsp3) is 0.111. The topological polar surface area (TPSA) is 81.8 Å². The van der Waals surface area contributed by atoms with Crippen LogP contribution in [0.15, 0.2) is 48.8 Å². The van der Waals surface area contributed by atoms with Gasteiger partial charge in [-0.25, -0.2) is 9.18 Å². The van der Waals surface area contributed by atoms with Crippen LogP contribution in [0.2, 0.25) is 5.02 Å². The Morgan fingerprint density at radius 3 is 2.55 bits per heavy atom. The Hall–Kier alpha value is -3.27. The van der Waals surface area contributed by atoms with Crippen LogP contribution >= 0.6 is 11.6 Å². The third kappa shape index (κ3) is 5.61. The lowest BCUT2D eigenvalue weighted by atomic mass is 10.2. The average Bonchev–Trinajstić information content (AvgIpc) is 3.14. The predicted octanol–water partition coefficient (Wildman–Crippen LogP) is 5.48. The molecule has 0 saturated heterocycles. The number of benzene rings is 2. The molecule has 2 amide bonds. The molecular formula is C18H14ClF4N5O. The molecule has 29 heavy (non-hydrogen) atoms. The minimum Gasteiger partial charge on any atom is -0.378 e. The number of carbonyl (C=O) groups excluding carboxylic acids is 1. The van der Waals surface area contributed by atoms with Crippen LogP contribution in [0.25, 0.3) is 0 Å². The molecule has 152 valence electrons. The molecule has 0 radical (unpaired) electrons. The second kappa shape index (κ2) is 8.39. The summed E-state index contributed by atoms with van der Waals surface area (Å²) in [5.74, 6) is -0.570. The summed E-state index contributed by atoms with van der Waals surface area (Å²) in [5.41, 5.74) is 0.464. The fourth-order valence-corrected chi connectivity index (χ4v) is 2.68. The summed E-state index contributed by atoms with van der Waals surface area (Å²) >= 11 is 5.80. The normalized spacial score (nSPS) is 11.2. The van der Waals surface area contributed by atoms with Crippen molar-refractivity contribution in [3.8, 4) is 0 Å². The Labute approximate surface area is 167 Å². The SMILES string of the molecule is O=C(Nc1cc(F)cc(CNc2cn[nH]c2)c1)Nc1ccc(C(F)(F)F)cc1Cl. The van der Waals surface area contributed by atoms with E-state index < -0.39 is 23.6 Å². The van der Waals surface area contributed by atoms with E-state index in [4.69, 9.17) is 11.6 Å². The highest BCUT2D eigenvalue weighted by molar-refractivity contribution is 6.33. The van der Waals surface area contributed by atoms with Crippen molar-refractivity contribution in [1.29, 1.82) is 0 Å². The van der Waals surface area contributed by atoms with Crippen LogP contribution in [-0.2, 0) is 12.7 Å². The molecule has 0 bridgehead atoms. The molecule has 1 aromatic heterocycles. The number of amides is 2. The molecule has 0 saturated carbocycles. The maximum absolute atomic E-state index is 13.8. The maximum atomic E-state index is 13.8. The lowest BCUT2D eigenvalue weighted by Crippen LogP contribution is -2.20. The third-order valence-electron chi connectivity index (χ3n) is 3.75. The first kappa shape index (κ1) is 20.5. The molecule has 2 aromatic carbocycles. The van der Waals surface area contributed by atoms with Crippen molar-refractivity contribution >= 4 is 34.7 Å². The number of nitrogens with zero attached hydrogens (tertiary/aromatic N) is 1. The van der Waals surface area contributed by atoms with Crippen LogP contribution in [0.1, 0.15) is 11.1 Å². The van der Waals surface area contributed by atoms with E-state index in [1.54, 1.807) is 18.5 Å². The van der Waals surface area contributed by atoms with Gasteiger partial charge >= 0.3 is 12.2 Å². The Morgan fingerprint density at radius 1 is 1.10 bits per heavy atom. The second-order valence-corrected chi connectivity index (χ2v) is 6.37. The number of carbonyl (C=O) groups is 1. The van der Waals surface area contributed by atoms with Gasteiger partial charge in [0, 0.05) is 18.4 Å². The largest absolute Gasteiger partial charge is 0.416 e. The van der Waals surface area contributed by atoms with Crippen molar-refractivity contribution in [2.24, 2.45) is 0 Å². The monoisotopic (exact) mass is 427 g/mol. The van der Waals surface area contributed by atoms with E-state index in [-0.39, 0.29) is 22.9 Å². The Kier molecular flexibility index (Phi) is 5.92. The van der Waals surface area contributed by atoms with Crippen LogP contribution in [0.4, 0.5) is 39.4 Å². The van der Waals surface area contributed by atoms with Crippen LogP contribution in [-0.4, -0.2) is 16.2 Å². The highest BCUT2D eigenvalue weighted by atomic mass is 35.5. The first-order valence-electron chi connectivity index (χ1n) is 8.17. The van der Waals surface area contributed by atoms with E-state index in [1.807, 2.05) is 0 Å². The molecule has 0 aliphatic heterocycles. The molecule has 3 aromatic rings. The summed E-state index contributed by atoms with van der Waals surface area (Å²) in [6, 6.07) is 5.70. The van der Waals surface area contributed by atoms with Gasteiger partial charge in [-0.05, 0) is 42.0 Å².